The summed E-state index contributed by atoms with van der Waals surface area (Å²) < 4.78 is 16.0. The van der Waals surface area contributed by atoms with Crippen LogP contribution in [0.1, 0.15) is 38.0 Å². The zero-order chi connectivity index (χ0) is 15.6. The molecule has 118 valence electrons. The van der Waals surface area contributed by atoms with E-state index in [0.29, 0.717) is 23.2 Å². The Kier molecular flexibility index (Phi) is 4.02. The zero-order valence-electron chi connectivity index (χ0n) is 13.0. The molecule has 0 amide bonds. The van der Waals surface area contributed by atoms with Crippen molar-refractivity contribution in [3.05, 3.63) is 24.1 Å². The van der Waals surface area contributed by atoms with Crippen molar-refractivity contribution in [2.24, 2.45) is 5.73 Å². The monoisotopic (exact) mass is 303 g/mol. The highest BCUT2D eigenvalue weighted by molar-refractivity contribution is 5.60. The van der Waals surface area contributed by atoms with E-state index in [2.05, 4.69) is 10.1 Å². The fourth-order valence-corrected chi connectivity index (χ4v) is 2.91. The molecule has 1 aliphatic rings. The summed E-state index contributed by atoms with van der Waals surface area (Å²) in [5.74, 6) is 2.34. The molecule has 1 saturated carbocycles. The molecule has 0 saturated heterocycles. The van der Waals surface area contributed by atoms with E-state index in [1.54, 1.807) is 14.2 Å². The molecule has 0 bridgehead atoms. The summed E-state index contributed by atoms with van der Waals surface area (Å²) >= 11 is 0. The number of nitrogens with zero attached hydrogens (tertiary/aromatic N) is 2. The van der Waals surface area contributed by atoms with Crippen molar-refractivity contribution in [1.82, 2.24) is 10.1 Å². The van der Waals surface area contributed by atoms with Gasteiger partial charge in [-0.15, -0.1) is 0 Å². The Balaban J connectivity index is 1.90. The number of hydrogen-bond donors (Lipinski definition) is 1. The van der Waals surface area contributed by atoms with Crippen LogP contribution < -0.4 is 15.2 Å². The smallest absolute Gasteiger partial charge is 0.247 e. The first-order chi connectivity index (χ1) is 10.7. The van der Waals surface area contributed by atoms with Crippen LogP contribution in [0.5, 0.6) is 11.5 Å². The standard InChI is InChI=1S/C16H21N3O3/c1-20-12-7-6-11(10-13(12)21-2)14-18-15(22-19-14)16(17)8-4-3-5-9-16/h6-7,10H,3-5,8-9,17H2,1-2H3. The van der Waals surface area contributed by atoms with Crippen molar-refractivity contribution in [1.29, 1.82) is 0 Å². The highest BCUT2D eigenvalue weighted by Crippen LogP contribution is 2.36. The second-order valence-electron chi connectivity index (χ2n) is 5.71. The summed E-state index contributed by atoms with van der Waals surface area (Å²) in [4.78, 5) is 4.51. The van der Waals surface area contributed by atoms with E-state index in [0.717, 1.165) is 31.2 Å². The molecule has 3 rings (SSSR count). The number of benzene rings is 1. The summed E-state index contributed by atoms with van der Waals surface area (Å²) in [7, 11) is 3.20. The van der Waals surface area contributed by atoms with Gasteiger partial charge in [0.1, 0.15) is 0 Å². The lowest BCUT2D eigenvalue weighted by molar-refractivity contribution is 0.220. The Morgan fingerprint density at radius 2 is 1.82 bits per heavy atom. The Labute approximate surface area is 129 Å². The van der Waals surface area contributed by atoms with Crippen LogP contribution in [-0.4, -0.2) is 24.4 Å². The van der Waals surface area contributed by atoms with Gasteiger partial charge in [-0.1, -0.05) is 24.4 Å². The van der Waals surface area contributed by atoms with Crippen molar-refractivity contribution in [3.8, 4) is 22.9 Å². The van der Waals surface area contributed by atoms with Gasteiger partial charge in [-0.25, -0.2) is 0 Å². The SMILES string of the molecule is COc1ccc(-c2noc(C3(N)CCCCC3)n2)cc1OC. The van der Waals surface area contributed by atoms with Gasteiger partial charge in [0.15, 0.2) is 11.5 Å². The molecule has 0 atom stereocenters. The lowest BCUT2D eigenvalue weighted by Gasteiger charge is -2.29. The first-order valence-electron chi connectivity index (χ1n) is 7.52. The van der Waals surface area contributed by atoms with E-state index < -0.39 is 5.54 Å². The van der Waals surface area contributed by atoms with E-state index in [1.807, 2.05) is 18.2 Å². The highest BCUT2D eigenvalue weighted by Gasteiger charge is 2.35. The average molecular weight is 303 g/mol. The molecule has 1 heterocycles. The number of hydrogen-bond acceptors (Lipinski definition) is 6. The van der Waals surface area contributed by atoms with E-state index >= 15 is 0 Å². The lowest BCUT2D eigenvalue weighted by Crippen LogP contribution is -2.38. The second kappa shape index (κ2) is 5.96. The van der Waals surface area contributed by atoms with Crippen molar-refractivity contribution >= 4 is 0 Å². The minimum Gasteiger partial charge on any atom is -0.493 e. The maximum absolute atomic E-state index is 6.43. The number of nitrogens with two attached hydrogens (primary N) is 1. The van der Waals surface area contributed by atoms with Gasteiger partial charge < -0.3 is 19.7 Å². The molecule has 1 aliphatic carbocycles. The molecule has 2 N–H and O–H groups in total. The van der Waals surface area contributed by atoms with E-state index in [-0.39, 0.29) is 0 Å². The molecule has 0 unspecified atom stereocenters. The van der Waals surface area contributed by atoms with Crippen molar-refractivity contribution < 1.29 is 14.0 Å². The minimum atomic E-state index is -0.486. The Morgan fingerprint density at radius 1 is 1.09 bits per heavy atom. The molecular weight excluding hydrogens is 282 g/mol. The molecule has 0 aliphatic heterocycles. The van der Waals surface area contributed by atoms with Crippen LogP contribution >= 0.6 is 0 Å². The maximum Gasteiger partial charge on any atom is 0.247 e. The van der Waals surface area contributed by atoms with E-state index in [9.17, 15) is 0 Å². The normalized spacial score (nSPS) is 17.2. The summed E-state index contributed by atoms with van der Waals surface area (Å²) in [6.07, 6.45) is 5.20. The van der Waals surface area contributed by atoms with Crippen molar-refractivity contribution in [3.63, 3.8) is 0 Å². The van der Waals surface area contributed by atoms with Crippen LogP contribution in [0.3, 0.4) is 0 Å². The van der Waals surface area contributed by atoms with Gasteiger partial charge in [0.25, 0.3) is 0 Å². The van der Waals surface area contributed by atoms with Gasteiger partial charge in [0, 0.05) is 5.56 Å². The fraction of sp³-hybridized carbons (Fsp3) is 0.500. The third-order valence-corrected chi connectivity index (χ3v) is 4.24. The molecule has 6 nitrogen and oxygen atoms in total. The van der Waals surface area contributed by atoms with Gasteiger partial charge >= 0.3 is 0 Å². The van der Waals surface area contributed by atoms with Crippen LogP contribution in [-0.2, 0) is 5.54 Å². The van der Waals surface area contributed by atoms with Gasteiger partial charge in [0.05, 0.1) is 19.8 Å². The van der Waals surface area contributed by atoms with E-state index in [1.165, 1.54) is 6.42 Å². The number of rotatable bonds is 4. The minimum absolute atomic E-state index is 0.486. The number of methoxy groups -OCH3 is 2. The molecule has 22 heavy (non-hydrogen) atoms. The largest absolute Gasteiger partial charge is 0.493 e. The van der Waals surface area contributed by atoms with Crippen molar-refractivity contribution in [2.75, 3.05) is 14.2 Å². The summed E-state index contributed by atoms with van der Waals surface area (Å²) in [5, 5.41) is 4.08. The van der Waals surface area contributed by atoms with Gasteiger partial charge in [-0.2, -0.15) is 4.98 Å². The molecule has 0 radical (unpaired) electrons. The van der Waals surface area contributed by atoms with Gasteiger partial charge in [-0.3, -0.25) is 0 Å². The third-order valence-electron chi connectivity index (χ3n) is 4.24. The molecule has 2 aromatic rings. The highest BCUT2D eigenvalue weighted by atomic mass is 16.5. The maximum atomic E-state index is 6.43. The molecule has 0 spiro atoms. The van der Waals surface area contributed by atoms with Gasteiger partial charge in [0.2, 0.25) is 11.7 Å². The third kappa shape index (κ3) is 2.66. The quantitative estimate of drug-likeness (QED) is 0.935. The van der Waals surface area contributed by atoms with Crippen LogP contribution in [0, 0.1) is 0 Å². The summed E-state index contributed by atoms with van der Waals surface area (Å²) in [6.45, 7) is 0. The zero-order valence-corrected chi connectivity index (χ0v) is 13.0. The first kappa shape index (κ1) is 14.8. The Morgan fingerprint density at radius 3 is 2.50 bits per heavy atom. The van der Waals surface area contributed by atoms with Crippen LogP contribution in [0.15, 0.2) is 22.7 Å². The average Bonchev–Trinajstić information content (AvgIpc) is 3.06. The molecule has 1 aromatic carbocycles. The van der Waals surface area contributed by atoms with Crippen molar-refractivity contribution in [2.45, 2.75) is 37.6 Å². The molecular formula is C16H21N3O3. The van der Waals surface area contributed by atoms with Crippen LogP contribution in [0.2, 0.25) is 0 Å². The number of aromatic nitrogens is 2. The Hall–Kier alpha value is -2.08. The fourth-order valence-electron chi connectivity index (χ4n) is 2.91. The topological polar surface area (TPSA) is 83.4 Å². The molecule has 6 heteroatoms. The van der Waals surface area contributed by atoms with Crippen LogP contribution in [0.4, 0.5) is 0 Å². The molecule has 1 aromatic heterocycles. The molecule has 1 fully saturated rings. The number of ether oxygens (including phenoxy) is 2. The summed E-state index contributed by atoms with van der Waals surface area (Å²) in [5.41, 5.74) is 6.76. The van der Waals surface area contributed by atoms with Crippen LogP contribution in [0.25, 0.3) is 11.4 Å². The Bertz CT molecular complexity index is 648. The predicted molar refractivity (Wildman–Crippen MR) is 81.8 cm³/mol. The van der Waals surface area contributed by atoms with Gasteiger partial charge in [-0.05, 0) is 31.0 Å². The second-order valence-corrected chi connectivity index (χ2v) is 5.71. The summed E-state index contributed by atoms with van der Waals surface area (Å²) in [6, 6.07) is 5.53. The first-order valence-corrected chi connectivity index (χ1v) is 7.52. The predicted octanol–water partition coefficient (Wildman–Crippen LogP) is 2.87. The van der Waals surface area contributed by atoms with E-state index in [4.69, 9.17) is 19.7 Å². The lowest BCUT2D eigenvalue weighted by atomic mass is 9.82.